The fourth-order valence-electron chi connectivity index (χ4n) is 1.47. The highest BCUT2D eigenvalue weighted by Crippen LogP contribution is 2.39. The molecule has 0 saturated carbocycles. The predicted octanol–water partition coefficient (Wildman–Crippen LogP) is -0.204. The average molecular weight is 243 g/mol. The first-order valence-electron chi connectivity index (χ1n) is 4.81. The van der Waals surface area contributed by atoms with Gasteiger partial charge in [0.25, 0.3) is 0 Å². The summed E-state index contributed by atoms with van der Waals surface area (Å²) in [5, 5.41) is 9.13. The zero-order valence-corrected chi connectivity index (χ0v) is 9.61. The van der Waals surface area contributed by atoms with Crippen LogP contribution in [-0.4, -0.2) is 32.0 Å². The fraction of sp³-hybridized carbons (Fsp3) is 0.556. The lowest BCUT2D eigenvalue weighted by Gasteiger charge is -2.21. The zero-order valence-electron chi connectivity index (χ0n) is 8.79. The van der Waals surface area contributed by atoms with Crippen molar-refractivity contribution in [2.75, 3.05) is 18.1 Å². The Kier molecular flexibility index (Phi) is 2.92. The van der Waals surface area contributed by atoms with E-state index >= 15 is 0 Å². The van der Waals surface area contributed by atoms with Crippen LogP contribution in [0.3, 0.4) is 0 Å². The molecule has 6 nitrogen and oxygen atoms in total. The van der Waals surface area contributed by atoms with Crippen LogP contribution in [0.5, 0.6) is 0 Å². The van der Waals surface area contributed by atoms with Crippen LogP contribution in [0.25, 0.3) is 0 Å². The minimum absolute atomic E-state index is 0.0919. The number of aromatic nitrogens is 2. The number of anilines is 1. The molecule has 1 aliphatic rings. The topological polar surface area (TPSA) is 90.4 Å². The molecule has 2 atom stereocenters. The quantitative estimate of drug-likeness (QED) is 0.747. The molecular weight excluding hydrogens is 230 g/mol. The van der Waals surface area contributed by atoms with Crippen molar-refractivity contribution in [1.29, 1.82) is 0 Å². The smallest absolute Gasteiger partial charge is 0.351 e. The summed E-state index contributed by atoms with van der Waals surface area (Å²) in [4.78, 5) is 14.5. The Morgan fingerprint density at radius 1 is 1.88 bits per heavy atom. The van der Waals surface area contributed by atoms with Crippen LogP contribution < -0.4 is 11.4 Å². The van der Waals surface area contributed by atoms with Crippen LogP contribution in [0.2, 0.25) is 0 Å². The van der Waals surface area contributed by atoms with E-state index < -0.39 is 16.9 Å². The molecule has 16 heavy (non-hydrogen) atoms. The van der Waals surface area contributed by atoms with Gasteiger partial charge in [-0.05, 0) is 13.0 Å². The maximum atomic E-state index is 11.5. The highest BCUT2D eigenvalue weighted by molar-refractivity contribution is 8.00. The lowest BCUT2D eigenvalue weighted by Crippen LogP contribution is -2.31. The predicted molar refractivity (Wildman–Crippen MR) is 61.0 cm³/mol. The number of nitrogens with zero attached hydrogens (tertiary/aromatic N) is 2. The molecule has 1 aromatic rings. The summed E-state index contributed by atoms with van der Waals surface area (Å²) < 4.78 is 6.98. The Morgan fingerprint density at radius 3 is 3.19 bits per heavy atom. The van der Waals surface area contributed by atoms with Gasteiger partial charge < -0.3 is 15.6 Å². The van der Waals surface area contributed by atoms with Gasteiger partial charge in [-0.2, -0.15) is 4.98 Å². The minimum atomic E-state index is -0.647. The van der Waals surface area contributed by atoms with Gasteiger partial charge in [0, 0.05) is 11.9 Å². The minimum Gasteiger partial charge on any atom is -0.392 e. The molecule has 0 spiro atoms. The van der Waals surface area contributed by atoms with Crippen molar-refractivity contribution >= 4 is 17.6 Å². The van der Waals surface area contributed by atoms with Gasteiger partial charge in [-0.15, -0.1) is 11.8 Å². The Balaban J connectivity index is 2.24. The second kappa shape index (κ2) is 4.08. The maximum Gasteiger partial charge on any atom is 0.351 e. The van der Waals surface area contributed by atoms with E-state index in [1.807, 2.05) is 0 Å². The van der Waals surface area contributed by atoms with Crippen molar-refractivity contribution in [3.05, 3.63) is 22.7 Å². The summed E-state index contributed by atoms with van der Waals surface area (Å²) in [7, 11) is 0. The number of ether oxygens (including phenoxy) is 1. The molecule has 0 radical (unpaired) electrons. The van der Waals surface area contributed by atoms with E-state index in [1.165, 1.54) is 16.3 Å². The Hall–Kier alpha value is -1.05. The summed E-state index contributed by atoms with van der Waals surface area (Å²) in [5.41, 5.74) is 4.96. The van der Waals surface area contributed by atoms with Crippen molar-refractivity contribution in [1.82, 2.24) is 9.55 Å². The van der Waals surface area contributed by atoms with Crippen molar-refractivity contribution in [2.45, 2.75) is 18.1 Å². The molecule has 1 aromatic heterocycles. The second-order valence-electron chi connectivity index (χ2n) is 3.72. The monoisotopic (exact) mass is 243 g/mol. The van der Waals surface area contributed by atoms with Crippen LogP contribution >= 0.6 is 11.8 Å². The number of aliphatic hydroxyl groups is 1. The molecule has 1 aliphatic heterocycles. The number of rotatable bonds is 2. The second-order valence-corrected chi connectivity index (χ2v) is 5.20. The van der Waals surface area contributed by atoms with Crippen LogP contribution in [0.4, 0.5) is 5.82 Å². The SMILES string of the molecule is CC1(CO)OC(n2ccc(N)nc2=O)CS1. The lowest BCUT2D eigenvalue weighted by molar-refractivity contribution is -0.0609. The van der Waals surface area contributed by atoms with Crippen LogP contribution in [-0.2, 0) is 4.74 Å². The van der Waals surface area contributed by atoms with E-state index in [1.54, 1.807) is 19.2 Å². The number of hydrogen-bond acceptors (Lipinski definition) is 6. The summed E-state index contributed by atoms with van der Waals surface area (Å²) in [6, 6.07) is 1.55. The van der Waals surface area contributed by atoms with E-state index in [0.717, 1.165) is 0 Å². The van der Waals surface area contributed by atoms with Gasteiger partial charge >= 0.3 is 5.69 Å². The highest BCUT2D eigenvalue weighted by Gasteiger charge is 2.37. The van der Waals surface area contributed by atoms with E-state index in [4.69, 9.17) is 15.6 Å². The molecule has 1 fully saturated rings. The molecule has 0 aliphatic carbocycles. The first kappa shape index (κ1) is 11.4. The summed E-state index contributed by atoms with van der Waals surface area (Å²) in [5.74, 6) is 0.791. The van der Waals surface area contributed by atoms with Gasteiger partial charge in [0.1, 0.15) is 17.0 Å². The van der Waals surface area contributed by atoms with Gasteiger partial charge in [0.2, 0.25) is 0 Å². The molecular formula is C9H13N3O3S. The molecule has 3 N–H and O–H groups in total. The summed E-state index contributed by atoms with van der Waals surface area (Å²) in [6.07, 6.45) is 1.15. The number of nitrogen functional groups attached to an aromatic ring is 1. The van der Waals surface area contributed by atoms with Gasteiger partial charge in [-0.3, -0.25) is 4.57 Å². The molecule has 2 rings (SSSR count). The molecule has 88 valence electrons. The zero-order chi connectivity index (χ0) is 11.8. The summed E-state index contributed by atoms with van der Waals surface area (Å²) >= 11 is 1.47. The van der Waals surface area contributed by atoms with Gasteiger partial charge in [0.05, 0.1) is 6.61 Å². The molecule has 0 bridgehead atoms. The standard InChI is InChI=1S/C9H13N3O3S/c1-9(5-13)15-7(4-16-9)12-3-2-6(10)11-8(12)14/h2-3,7,13H,4-5H2,1H3,(H2,10,11,14). The van der Waals surface area contributed by atoms with Crippen molar-refractivity contribution < 1.29 is 9.84 Å². The normalized spacial score (nSPS) is 29.5. The van der Waals surface area contributed by atoms with Gasteiger partial charge in [-0.25, -0.2) is 4.79 Å². The van der Waals surface area contributed by atoms with E-state index in [2.05, 4.69) is 4.98 Å². The first-order chi connectivity index (χ1) is 7.54. The average Bonchev–Trinajstić information content (AvgIpc) is 2.62. The van der Waals surface area contributed by atoms with E-state index in [9.17, 15) is 4.79 Å². The first-order valence-corrected chi connectivity index (χ1v) is 5.80. The molecule has 2 unspecified atom stereocenters. The Labute approximate surface area is 96.4 Å². The fourth-order valence-corrected chi connectivity index (χ4v) is 2.46. The molecule has 7 heteroatoms. The van der Waals surface area contributed by atoms with Crippen molar-refractivity contribution in [2.24, 2.45) is 0 Å². The summed E-state index contributed by atoms with van der Waals surface area (Å²) in [6.45, 7) is 1.69. The number of aliphatic hydroxyl groups excluding tert-OH is 1. The van der Waals surface area contributed by atoms with Crippen molar-refractivity contribution in [3.63, 3.8) is 0 Å². The number of thioether (sulfide) groups is 1. The molecule has 0 amide bonds. The number of nitrogens with two attached hydrogens (primary N) is 1. The van der Waals surface area contributed by atoms with Crippen molar-refractivity contribution in [3.8, 4) is 0 Å². The van der Waals surface area contributed by atoms with Crippen LogP contribution in [0, 0.1) is 0 Å². The van der Waals surface area contributed by atoms with E-state index in [-0.39, 0.29) is 12.4 Å². The lowest BCUT2D eigenvalue weighted by atomic mass is 10.4. The highest BCUT2D eigenvalue weighted by atomic mass is 32.2. The maximum absolute atomic E-state index is 11.5. The van der Waals surface area contributed by atoms with Crippen LogP contribution in [0.15, 0.2) is 17.1 Å². The number of hydrogen-bond donors (Lipinski definition) is 2. The Morgan fingerprint density at radius 2 is 2.62 bits per heavy atom. The van der Waals surface area contributed by atoms with E-state index in [0.29, 0.717) is 5.75 Å². The largest absolute Gasteiger partial charge is 0.392 e. The van der Waals surface area contributed by atoms with Gasteiger partial charge in [0.15, 0.2) is 0 Å². The molecule has 1 saturated heterocycles. The van der Waals surface area contributed by atoms with Gasteiger partial charge in [-0.1, -0.05) is 0 Å². The molecule has 2 heterocycles. The third-order valence-electron chi connectivity index (χ3n) is 2.37. The third-order valence-corrected chi connectivity index (χ3v) is 3.65. The molecule has 0 aromatic carbocycles. The van der Waals surface area contributed by atoms with Crippen LogP contribution in [0.1, 0.15) is 13.2 Å². The Bertz CT molecular complexity index is 450. The third kappa shape index (κ3) is 2.06.